The molecule has 2 N–H and O–H groups in total. The van der Waals surface area contributed by atoms with Crippen LogP contribution in [0.3, 0.4) is 0 Å². The third-order valence-electron chi connectivity index (χ3n) is 6.00. The lowest BCUT2D eigenvalue weighted by molar-refractivity contribution is -0.0327. The van der Waals surface area contributed by atoms with E-state index in [0.29, 0.717) is 35.7 Å². The number of anilines is 1. The summed E-state index contributed by atoms with van der Waals surface area (Å²) in [6, 6.07) is 9.75. The molecule has 0 unspecified atom stereocenters. The van der Waals surface area contributed by atoms with Crippen LogP contribution in [0.2, 0.25) is 0 Å². The molecule has 1 aliphatic heterocycles. The molecule has 3 aromatic heterocycles. The molecule has 4 heterocycles. The molecule has 0 amide bonds. The second-order valence-electron chi connectivity index (χ2n) is 8.28. The van der Waals surface area contributed by atoms with E-state index in [1.54, 1.807) is 39.9 Å². The van der Waals surface area contributed by atoms with Crippen molar-refractivity contribution in [3.8, 4) is 22.9 Å². The van der Waals surface area contributed by atoms with Crippen molar-refractivity contribution in [2.24, 2.45) is 0 Å². The molecule has 9 nitrogen and oxygen atoms in total. The summed E-state index contributed by atoms with van der Waals surface area (Å²) in [6.45, 7) is 0.449. The van der Waals surface area contributed by atoms with Gasteiger partial charge in [0.1, 0.15) is 23.5 Å². The molecule has 0 bridgehead atoms. The number of hydrogen-bond donors (Lipinski definition) is 2. The van der Waals surface area contributed by atoms with Crippen molar-refractivity contribution >= 4 is 5.82 Å². The lowest BCUT2D eigenvalue weighted by Crippen LogP contribution is -2.47. The lowest BCUT2D eigenvalue weighted by Gasteiger charge is -2.37. The summed E-state index contributed by atoms with van der Waals surface area (Å²) in [6.07, 6.45) is 3.08. The van der Waals surface area contributed by atoms with Gasteiger partial charge in [0.2, 0.25) is 0 Å². The SMILES string of the molecule is OCC1(O)CCN(c2nc(-c3cc(-c4ccon4)n(Cc4ccccc4F)n3)ncc2F)CC1. The van der Waals surface area contributed by atoms with Gasteiger partial charge in [-0.05, 0) is 25.0 Å². The topological polar surface area (TPSA) is 113 Å². The summed E-state index contributed by atoms with van der Waals surface area (Å²) in [4.78, 5) is 10.2. The third kappa shape index (κ3) is 4.27. The van der Waals surface area contributed by atoms with Gasteiger partial charge in [-0.15, -0.1) is 0 Å². The standard InChI is InChI=1S/C23H22F2N6O3/c24-16-4-2-1-3-15(16)13-31-20(18-5-10-34-29-18)11-19(28-31)21-26-12-17(25)22(27-21)30-8-6-23(33,14-32)7-9-30/h1-5,10-12,32-33H,6-9,13-14H2. The van der Waals surface area contributed by atoms with Gasteiger partial charge in [0, 0.05) is 24.7 Å². The zero-order chi connectivity index (χ0) is 23.7. The van der Waals surface area contributed by atoms with Gasteiger partial charge >= 0.3 is 0 Å². The van der Waals surface area contributed by atoms with E-state index in [2.05, 4.69) is 20.2 Å². The van der Waals surface area contributed by atoms with Gasteiger partial charge in [-0.2, -0.15) is 5.10 Å². The molecule has 1 aromatic carbocycles. The van der Waals surface area contributed by atoms with Crippen LogP contribution < -0.4 is 4.90 Å². The molecule has 1 fully saturated rings. The normalized spacial score (nSPS) is 15.6. The Labute approximate surface area is 193 Å². The number of nitrogens with zero attached hydrogens (tertiary/aromatic N) is 6. The summed E-state index contributed by atoms with van der Waals surface area (Å²) in [7, 11) is 0. The number of aliphatic hydroxyl groups is 2. The Morgan fingerprint density at radius 3 is 2.56 bits per heavy atom. The summed E-state index contributed by atoms with van der Waals surface area (Å²) in [5, 5.41) is 28.1. The first-order chi connectivity index (χ1) is 16.5. The molecule has 176 valence electrons. The Bertz CT molecular complexity index is 1290. The monoisotopic (exact) mass is 468 g/mol. The molecule has 11 heteroatoms. The molecule has 0 saturated carbocycles. The van der Waals surface area contributed by atoms with Gasteiger partial charge in [0.15, 0.2) is 17.5 Å². The van der Waals surface area contributed by atoms with Crippen LogP contribution in [0.1, 0.15) is 18.4 Å². The highest BCUT2D eigenvalue weighted by Crippen LogP contribution is 2.29. The van der Waals surface area contributed by atoms with Crippen molar-refractivity contribution < 1.29 is 23.5 Å². The molecule has 0 atom stereocenters. The molecule has 0 radical (unpaired) electrons. The summed E-state index contributed by atoms with van der Waals surface area (Å²) < 4.78 is 35.4. The molecule has 4 aromatic rings. The van der Waals surface area contributed by atoms with Crippen LogP contribution in [0.4, 0.5) is 14.6 Å². The zero-order valence-corrected chi connectivity index (χ0v) is 18.1. The maximum absolute atomic E-state index is 14.6. The maximum atomic E-state index is 14.6. The van der Waals surface area contributed by atoms with Crippen LogP contribution in [0.25, 0.3) is 22.9 Å². The number of rotatable bonds is 6. The molecule has 5 rings (SSSR count). The first-order valence-electron chi connectivity index (χ1n) is 10.8. The molecule has 1 aliphatic rings. The highest BCUT2D eigenvalue weighted by atomic mass is 19.1. The van der Waals surface area contributed by atoms with Crippen molar-refractivity contribution in [1.82, 2.24) is 24.9 Å². The van der Waals surface area contributed by atoms with Crippen LogP contribution in [0, 0.1) is 11.6 Å². The van der Waals surface area contributed by atoms with Gasteiger partial charge < -0.3 is 19.6 Å². The summed E-state index contributed by atoms with van der Waals surface area (Å²) >= 11 is 0. The number of halogens is 2. The minimum absolute atomic E-state index is 0.0941. The second kappa shape index (κ2) is 8.92. The van der Waals surface area contributed by atoms with E-state index in [0.717, 1.165) is 6.20 Å². The Morgan fingerprint density at radius 2 is 1.85 bits per heavy atom. The first-order valence-corrected chi connectivity index (χ1v) is 10.8. The molecule has 0 aliphatic carbocycles. The van der Waals surface area contributed by atoms with E-state index in [1.807, 2.05) is 0 Å². The van der Waals surface area contributed by atoms with Crippen LogP contribution in [0.5, 0.6) is 0 Å². The number of benzene rings is 1. The molecule has 34 heavy (non-hydrogen) atoms. The number of aliphatic hydroxyl groups excluding tert-OH is 1. The van der Waals surface area contributed by atoms with Crippen molar-refractivity contribution in [3.63, 3.8) is 0 Å². The van der Waals surface area contributed by atoms with Gasteiger partial charge in [0.25, 0.3) is 0 Å². The van der Waals surface area contributed by atoms with E-state index in [-0.39, 0.29) is 43.5 Å². The zero-order valence-electron chi connectivity index (χ0n) is 18.1. The minimum atomic E-state index is -1.17. The minimum Gasteiger partial charge on any atom is -0.393 e. The van der Waals surface area contributed by atoms with Crippen LogP contribution in [-0.2, 0) is 6.54 Å². The Balaban J connectivity index is 1.49. The van der Waals surface area contributed by atoms with Gasteiger partial charge in [0.05, 0.1) is 30.6 Å². The van der Waals surface area contributed by atoms with Crippen molar-refractivity contribution in [2.45, 2.75) is 25.0 Å². The van der Waals surface area contributed by atoms with E-state index in [1.165, 1.54) is 12.3 Å². The average Bonchev–Trinajstić information content (AvgIpc) is 3.52. The Hall–Kier alpha value is -3.70. The maximum Gasteiger partial charge on any atom is 0.183 e. The first kappa shape index (κ1) is 22.1. The second-order valence-corrected chi connectivity index (χ2v) is 8.28. The fraction of sp³-hybridized carbons (Fsp3) is 0.304. The highest BCUT2D eigenvalue weighted by molar-refractivity contribution is 5.63. The number of aromatic nitrogens is 5. The predicted octanol–water partition coefficient (Wildman–Crippen LogP) is 2.65. The molecule has 1 saturated heterocycles. The van der Waals surface area contributed by atoms with Crippen molar-refractivity contribution in [2.75, 3.05) is 24.6 Å². The molecule has 0 spiro atoms. The smallest absolute Gasteiger partial charge is 0.183 e. The van der Waals surface area contributed by atoms with E-state index < -0.39 is 11.4 Å². The predicted molar refractivity (Wildman–Crippen MR) is 118 cm³/mol. The van der Waals surface area contributed by atoms with Crippen molar-refractivity contribution in [3.05, 3.63) is 66.1 Å². The summed E-state index contributed by atoms with van der Waals surface area (Å²) in [5.41, 5.74) is 0.692. The van der Waals surface area contributed by atoms with E-state index >= 15 is 0 Å². The number of piperidine rings is 1. The third-order valence-corrected chi connectivity index (χ3v) is 6.00. The number of hydrogen-bond acceptors (Lipinski definition) is 8. The van der Waals surface area contributed by atoms with Gasteiger partial charge in [-0.1, -0.05) is 23.4 Å². The van der Waals surface area contributed by atoms with E-state index in [4.69, 9.17) is 4.52 Å². The fourth-order valence-electron chi connectivity index (χ4n) is 3.98. The van der Waals surface area contributed by atoms with Crippen molar-refractivity contribution in [1.29, 1.82) is 0 Å². The Morgan fingerprint density at radius 1 is 1.06 bits per heavy atom. The van der Waals surface area contributed by atoms with E-state index in [9.17, 15) is 19.0 Å². The molecular formula is C23H22F2N6O3. The van der Waals surface area contributed by atoms with Crippen LogP contribution in [0.15, 0.2) is 53.4 Å². The van der Waals surface area contributed by atoms with Gasteiger partial charge in [-0.25, -0.2) is 18.7 Å². The lowest BCUT2D eigenvalue weighted by atomic mass is 9.92. The van der Waals surface area contributed by atoms with Gasteiger partial charge in [-0.3, -0.25) is 4.68 Å². The van der Waals surface area contributed by atoms with Crippen LogP contribution in [-0.4, -0.2) is 60.4 Å². The highest BCUT2D eigenvalue weighted by Gasteiger charge is 2.33. The quantitative estimate of drug-likeness (QED) is 0.444. The fourth-order valence-corrected chi connectivity index (χ4v) is 3.98. The average molecular weight is 468 g/mol. The largest absolute Gasteiger partial charge is 0.393 e. The van der Waals surface area contributed by atoms with Crippen LogP contribution >= 0.6 is 0 Å². The Kier molecular flexibility index (Phi) is 5.80. The molecular weight excluding hydrogens is 446 g/mol. The summed E-state index contributed by atoms with van der Waals surface area (Å²) in [5.74, 6) is -0.673.